The maximum absolute atomic E-state index is 13.0. The lowest BCUT2D eigenvalue weighted by Crippen LogP contribution is -2.37. The van der Waals surface area contributed by atoms with Crippen molar-refractivity contribution in [3.63, 3.8) is 0 Å². The van der Waals surface area contributed by atoms with Crippen LogP contribution in [0.5, 0.6) is 5.75 Å². The molecule has 0 aliphatic carbocycles. The highest BCUT2D eigenvalue weighted by Gasteiger charge is 2.24. The molecule has 27 heavy (non-hydrogen) atoms. The molecule has 2 aromatic rings. The van der Waals surface area contributed by atoms with Gasteiger partial charge in [-0.05, 0) is 55.2 Å². The van der Waals surface area contributed by atoms with Crippen LogP contribution in [-0.4, -0.2) is 59.4 Å². The number of hydrogen-bond donors (Lipinski definition) is 0. The second-order valence-electron chi connectivity index (χ2n) is 6.95. The number of fused-ring (bicyclic) bond motifs is 1. The van der Waals surface area contributed by atoms with E-state index in [1.54, 1.807) is 24.5 Å². The highest BCUT2D eigenvalue weighted by atomic mass is 16.5. The summed E-state index contributed by atoms with van der Waals surface area (Å²) in [5, 5.41) is 0. The van der Waals surface area contributed by atoms with E-state index < -0.39 is 0 Å². The molecule has 2 amide bonds. The Morgan fingerprint density at radius 2 is 1.56 bits per heavy atom. The number of aryl methyl sites for hydroxylation is 1. The molecular formula is C21H23N3O3. The molecule has 0 saturated carbocycles. The fourth-order valence-corrected chi connectivity index (χ4v) is 3.68. The molecule has 3 heterocycles. The van der Waals surface area contributed by atoms with Crippen LogP contribution < -0.4 is 4.74 Å². The van der Waals surface area contributed by atoms with Gasteiger partial charge in [0.1, 0.15) is 5.75 Å². The Hall–Kier alpha value is -2.89. The van der Waals surface area contributed by atoms with E-state index >= 15 is 0 Å². The van der Waals surface area contributed by atoms with E-state index in [4.69, 9.17) is 4.74 Å². The molecule has 0 bridgehead atoms. The summed E-state index contributed by atoms with van der Waals surface area (Å²) < 4.78 is 5.63. The summed E-state index contributed by atoms with van der Waals surface area (Å²) in [6, 6.07) is 9.16. The van der Waals surface area contributed by atoms with Crippen LogP contribution in [0.2, 0.25) is 0 Å². The Balaban J connectivity index is 1.43. The summed E-state index contributed by atoms with van der Waals surface area (Å²) in [7, 11) is 0. The summed E-state index contributed by atoms with van der Waals surface area (Å²) in [5.74, 6) is 0.919. The molecule has 1 aromatic heterocycles. The van der Waals surface area contributed by atoms with Gasteiger partial charge in [0.2, 0.25) is 0 Å². The first-order chi connectivity index (χ1) is 13.2. The molecule has 1 aromatic carbocycles. The SMILES string of the molecule is O=C(c1ccncc1)N1CCCN(C(=O)c2ccc3c(c2)CCCO3)CC1. The largest absolute Gasteiger partial charge is 0.493 e. The number of amides is 2. The molecule has 1 saturated heterocycles. The van der Waals surface area contributed by atoms with Gasteiger partial charge in [-0.1, -0.05) is 0 Å². The van der Waals surface area contributed by atoms with Crippen LogP contribution in [0.25, 0.3) is 0 Å². The molecule has 2 aliphatic heterocycles. The number of ether oxygens (including phenoxy) is 1. The Bertz CT molecular complexity index is 838. The molecule has 0 radical (unpaired) electrons. The molecule has 4 rings (SSSR count). The Kier molecular flexibility index (Phi) is 5.05. The van der Waals surface area contributed by atoms with E-state index in [-0.39, 0.29) is 11.8 Å². The average Bonchev–Trinajstić information content (AvgIpc) is 2.99. The lowest BCUT2D eigenvalue weighted by Gasteiger charge is -2.23. The van der Waals surface area contributed by atoms with Crippen LogP contribution in [0.1, 0.15) is 39.1 Å². The minimum Gasteiger partial charge on any atom is -0.493 e. The second kappa shape index (κ2) is 7.78. The normalized spacial score (nSPS) is 16.9. The molecule has 0 atom stereocenters. The van der Waals surface area contributed by atoms with Crippen LogP contribution in [0, 0.1) is 0 Å². The van der Waals surface area contributed by atoms with E-state index in [1.807, 2.05) is 28.0 Å². The van der Waals surface area contributed by atoms with Crippen molar-refractivity contribution in [1.29, 1.82) is 0 Å². The van der Waals surface area contributed by atoms with Gasteiger partial charge in [-0.2, -0.15) is 0 Å². The zero-order valence-electron chi connectivity index (χ0n) is 15.3. The molecule has 1 fully saturated rings. The van der Waals surface area contributed by atoms with E-state index in [1.165, 1.54) is 0 Å². The first-order valence-corrected chi connectivity index (χ1v) is 9.47. The van der Waals surface area contributed by atoms with E-state index in [0.717, 1.165) is 37.2 Å². The molecule has 140 valence electrons. The lowest BCUT2D eigenvalue weighted by atomic mass is 10.0. The Morgan fingerprint density at radius 3 is 2.30 bits per heavy atom. The number of aromatic nitrogens is 1. The minimum absolute atomic E-state index is 0.00220. The van der Waals surface area contributed by atoms with Crippen molar-refractivity contribution in [3.8, 4) is 5.75 Å². The summed E-state index contributed by atoms with van der Waals surface area (Å²) in [6.45, 7) is 3.15. The maximum Gasteiger partial charge on any atom is 0.254 e. The fraction of sp³-hybridized carbons (Fsp3) is 0.381. The number of nitrogens with zero attached hydrogens (tertiary/aromatic N) is 3. The zero-order chi connectivity index (χ0) is 18.6. The van der Waals surface area contributed by atoms with Gasteiger partial charge in [0.05, 0.1) is 6.61 Å². The number of benzene rings is 1. The van der Waals surface area contributed by atoms with Gasteiger partial charge in [0.15, 0.2) is 0 Å². The third-order valence-corrected chi connectivity index (χ3v) is 5.15. The molecular weight excluding hydrogens is 342 g/mol. The van der Waals surface area contributed by atoms with Crippen LogP contribution in [0.15, 0.2) is 42.7 Å². The summed E-state index contributed by atoms with van der Waals surface area (Å²) in [4.78, 5) is 33.2. The summed E-state index contributed by atoms with van der Waals surface area (Å²) in [6.07, 6.45) is 5.96. The average molecular weight is 365 g/mol. The lowest BCUT2D eigenvalue weighted by molar-refractivity contribution is 0.0718. The molecule has 6 nitrogen and oxygen atoms in total. The Labute approximate surface area is 158 Å². The van der Waals surface area contributed by atoms with Crippen LogP contribution >= 0.6 is 0 Å². The van der Waals surface area contributed by atoms with Gasteiger partial charge >= 0.3 is 0 Å². The highest BCUT2D eigenvalue weighted by Crippen LogP contribution is 2.26. The quantitative estimate of drug-likeness (QED) is 0.820. The maximum atomic E-state index is 13.0. The number of carbonyl (C=O) groups excluding carboxylic acids is 2. The number of pyridine rings is 1. The number of carbonyl (C=O) groups is 2. The van der Waals surface area contributed by atoms with Crippen LogP contribution in [0.4, 0.5) is 0 Å². The molecule has 0 N–H and O–H groups in total. The summed E-state index contributed by atoms with van der Waals surface area (Å²) in [5.41, 5.74) is 2.45. The zero-order valence-corrected chi connectivity index (χ0v) is 15.3. The molecule has 0 spiro atoms. The molecule has 0 unspecified atom stereocenters. The van der Waals surface area contributed by atoms with Gasteiger partial charge in [0.25, 0.3) is 11.8 Å². The second-order valence-corrected chi connectivity index (χ2v) is 6.95. The molecule has 6 heteroatoms. The van der Waals surface area contributed by atoms with E-state index in [2.05, 4.69) is 4.98 Å². The van der Waals surface area contributed by atoms with Crippen molar-refractivity contribution in [1.82, 2.24) is 14.8 Å². The minimum atomic E-state index is -0.00220. The van der Waals surface area contributed by atoms with Crippen molar-refractivity contribution in [2.45, 2.75) is 19.3 Å². The third kappa shape index (κ3) is 3.79. The van der Waals surface area contributed by atoms with Crippen molar-refractivity contribution >= 4 is 11.8 Å². The smallest absolute Gasteiger partial charge is 0.254 e. The van der Waals surface area contributed by atoms with Crippen molar-refractivity contribution < 1.29 is 14.3 Å². The van der Waals surface area contributed by atoms with Gasteiger partial charge in [-0.25, -0.2) is 0 Å². The van der Waals surface area contributed by atoms with Crippen LogP contribution in [0.3, 0.4) is 0 Å². The standard InChI is InChI=1S/C21H23N3O3/c25-20(16-6-8-22-9-7-16)23-10-2-11-24(13-12-23)21(26)18-4-5-19-17(15-18)3-1-14-27-19/h4-9,15H,1-3,10-14H2. The number of rotatable bonds is 2. The van der Waals surface area contributed by atoms with Crippen molar-refractivity contribution in [3.05, 3.63) is 59.4 Å². The summed E-state index contributed by atoms with van der Waals surface area (Å²) >= 11 is 0. The van der Waals surface area contributed by atoms with Gasteiger partial charge in [-0.15, -0.1) is 0 Å². The van der Waals surface area contributed by atoms with Crippen molar-refractivity contribution in [2.75, 3.05) is 32.8 Å². The predicted molar refractivity (Wildman–Crippen MR) is 101 cm³/mol. The van der Waals surface area contributed by atoms with Gasteiger partial charge < -0.3 is 14.5 Å². The third-order valence-electron chi connectivity index (χ3n) is 5.15. The predicted octanol–water partition coefficient (Wildman–Crippen LogP) is 2.39. The first kappa shape index (κ1) is 17.5. The first-order valence-electron chi connectivity index (χ1n) is 9.47. The highest BCUT2D eigenvalue weighted by molar-refractivity contribution is 5.95. The van der Waals surface area contributed by atoms with E-state index in [0.29, 0.717) is 37.3 Å². The molecule has 2 aliphatic rings. The van der Waals surface area contributed by atoms with Crippen molar-refractivity contribution in [2.24, 2.45) is 0 Å². The van der Waals surface area contributed by atoms with E-state index in [9.17, 15) is 9.59 Å². The topological polar surface area (TPSA) is 62.7 Å². The van der Waals surface area contributed by atoms with Gasteiger partial charge in [0, 0.05) is 49.7 Å². The Morgan fingerprint density at radius 1 is 0.852 bits per heavy atom. The monoisotopic (exact) mass is 365 g/mol. The fourth-order valence-electron chi connectivity index (χ4n) is 3.68. The number of hydrogen-bond acceptors (Lipinski definition) is 4. The van der Waals surface area contributed by atoms with Crippen LogP contribution in [-0.2, 0) is 6.42 Å². The van der Waals surface area contributed by atoms with Gasteiger partial charge in [-0.3, -0.25) is 14.6 Å².